The minimum atomic E-state index is -0.762. The van der Waals surface area contributed by atoms with E-state index >= 15 is 0 Å². The van der Waals surface area contributed by atoms with Gasteiger partial charge >= 0.3 is 0 Å². The van der Waals surface area contributed by atoms with Crippen LogP contribution in [-0.2, 0) is 9.47 Å². The maximum absolute atomic E-state index is 10.1. The molecule has 0 saturated carbocycles. The van der Waals surface area contributed by atoms with Gasteiger partial charge in [0.2, 0.25) is 0 Å². The molecule has 0 radical (unpaired) electrons. The second kappa shape index (κ2) is 4.63. The first-order valence-corrected chi connectivity index (χ1v) is 6.12. The van der Waals surface area contributed by atoms with Gasteiger partial charge in [-0.15, -0.1) is 0 Å². The third kappa shape index (κ3) is 2.21. The van der Waals surface area contributed by atoms with Crippen LogP contribution in [0.25, 0.3) is 0 Å². The Hall–Kier alpha value is -1.52. The molecule has 2 aliphatic carbocycles. The van der Waals surface area contributed by atoms with Crippen LogP contribution in [0, 0.1) is 29.6 Å². The zero-order valence-corrected chi connectivity index (χ0v) is 9.98. The summed E-state index contributed by atoms with van der Waals surface area (Å²) in [6.07, 6.45) is 5.95. The molecule has 2 atom stereocenters. The summed E-state index contributed by atoms with van der Waals surface area (Å²) in [5.41, 5.74) is 0.852. The molecule has 1 saturated heterocycles. The zero-order chi connectivity index (χ0) is 12.4. The molecule has 0 aromatic heterocycles. The predicted molar refractivity (Wildman–Crippen MR) is 66.1 cm³/mol. The van der Waals surface area contributed by atoms with Gasteiger partial charge in [0.25, 0.3) is 0 Å². The normalized spacial score (nSPS) is 33.7. The lowest BCUT2D eigenvalue weighted by molar-refractivity contribution is -0.131. The Kier molecular flexibility index (Phi) is 2.97. The summed E-state index contributed by atoms with van der Waals surface area (Å²) < 4.78 is 11.4. The summed E-state index contributed by atoms with van der Waals surface area (Å²) in [5, 5.41) is 10.1. The van der Waals surface area contributed by atoms with Gasteiger partial charge in [-0.1, -0.05) is 23.7 Å². The van der Waals surface area contributed by atoms with Crippen LogP contribution in [0.3, 0.4) is 0 Å². The standard InChI is InChI=1S/C15H14O3/c16-14-6-4-2-1-3-5-12-9-13(14)11-15(10-12)17-7-8-18-15/h1-2,11-12,14,16H,7-10H2/b2-1-. The Morgan fingerprint density at radius 2 is 1.89 bits per heavy atom. The molecule has 0 amide bonds. The SMILES string of the molecule is OC1C#C/C=C\C#CC2CC1=CC1(C2)OCCO1. The van der Waals surface area contributed by atoms with E-state index in [2.05, 4.69) is 23.7 Å². The van der Waals surface area contributed by atoms with Crippen molar-refractivity contribution in [2.45, 2.75) is 24.7 Å². The molecule has 92 valence electrons. The van der Waals surface area contributed by atoms with E-state index in [1.54, 1.807) is 12.2 Å². The molecule has 1 fully saturated rings. The Balaban J connectivity index is 1.99. The number of aliphatic hydroxyl groups excluding tert-OH is 1. The number of allylic oxidation sites excluding steroid dienone is 2. The van der Waals surface area contributed by atoms with Crippen LogP contribution in [0.15, 0.2) is 23.8 Å². The van der Waals surface area contributed by atoms with E-state index < -0.39 is 11.9 Å². The highest BCUT2D eigenvalue weighted by molar-refractivity contribution is 5.35. The number of hydrogen-bond acceptors (Lipinski definition) is 3. The zero-order valence-electron chi connectivity index (χ0n) is 9.98. The lowest BCUT2D eigenvalue weighted by atomic mass is 9.83. The monoisotopic (exact) mass is 242 g/mol. The summed E-state index contributed by atoms with van der Waals surface area (Å²) >= 11 is 0. The second-order valence-corrected chi connectivity index (χ2v) is 4.65. The van der Waals surface area contributed by atoms with Gasteiger partial charge < -0.3 is 14.6 Å². The Morgan fingerprint density at radius 3 is 2.67 bits per heavy atom. The van der Waals surface area contributed by atoms with Crippen LogP contribution in [0.5, 0.6) is 0 Å². The van der Waals surface area contributed by atoms with Gasteiger partial charge in [-0.2, -0.15) is 0 Å². The largest absolute Gasteiger partial charge is 0.376 e. The van der Waals surface area contributed by atoms with Crippen molar-refractivity contribution in [1.82, 2.24) is 0 Å². The van der Waals surface area contributed by atoms with Crippen LogP contribution in [-0.4, -0.2) is 30.2 Å². The van der Waals surface area contributed by atoms with Crippen molar-refractivity contribution in [3.8, 4) is 23.7 Å². The van der Waals surface area contributed by atoms with Crippen LogP contribution in [0.1, 0.15) is 12.8 Å². The lowest BCUT2D eigenvalue weighted by Gasteiger charge is -2.33. The van der Waals surface area contributed by atoms with Crippen molar-refractivity contribution in [3.63, 3.8) is 0 Å². The van der Waals surface area contributed by atoms with E-state index in [4.69, 9.17) is 9.47 Å². The fraction of sp³-hybridized carbons (Fsp3) is 0.467. The second-order valence-electron chi connectivity index (χ2n) is 4.65. The number of ether oxygens (including phenoxy) is 2. The first-order valence-electron chi connectivity index (χ1n) is 6.12. The Labute approximate surface area is 106 Å². The molecular weight excluding hydrogens is 228 g/mol. The van der Waals surface area contributed by atoms with Gasteiger partial charge in [-0.25, -0.2) is 0 Å². The average molecular weight is 242 g/mol. The highest BCUT2D eigenvalue weighted by Crippen LogP contribution is 2.38. The summed E-state index contributed by atoms with van der Waals surface area (Å²) in [6.45, 7) is 1.18. The summed E-state index contributed by atoms with van der Waals surface area (Å²) in [4.78, 5) is 0. The number of rotatable bonds is 0. The van der Waals surface area contributed by atoms with Gasteiger partial charge in [-0.3, -0.25) is 0 Å². The van der Waals surface area contributed by atoms with Crippen LogP contribution in [0.4, 0.5) is 0 Å². The molecule has 3 rings (SSSR count). The van der Waals surface area contributed by atoms with E-state index in [-0.39, 0.29) is 5.92 Å². The van der Waals surface area contributed by atoms with Gasteiger partial charge in [-0.05, 0) is 30.2 Å². The lowest BCUT2D eigenvalue weighted by Crippen LogP contribution is -2.36. The summed E-state index contributed by atoms with van der Waals surface area (Å²) in [7, 11) is 0. The number of hydrogen-bond donors (Lipinski definition) is 1. The summed E-state index contributed by atoms with van der Waals surface area (Å²) in [6, 6.07) is 0. The molecule has 1 aliphatic heterocycles. The molecule has 3 aliphatic rings. The van der Waals surface area contributed by atoms with Crippen molar-refractivity contribution >= 4 is 0 Å². The fourth-order valence-corrected chi connectivity index (χ4v) is 2.53. The first-order chi connectivity index (χ1) is 8.77. The average Bonchev–Trinajstić information content (AvgIpc) is 2.80. The third-order valence-electron chi connectivity index (χ3n) is 3.30. The molecule has 0 aromatic rings. The van der Waals surface area contributed by atoms with Crippen LogP contribution < -0.4 is 0 Å². The van der Waals surface area contributed by atoms with Gasteiger partial charge in [0.15, 0.2) is 5.79 Å². The molecular formula is C15H14O3. The topological polar surface area (TPSA) is 38.7 Å². The summed E-state index contributed by atoms with van der Waals surface area (Å²) in [5.74, 6) is 11.2. The van der Waals surface area contributed by atoms with E-state index in [9.17, 15) is 5.11 Å². The Bertz CT molecular complexity index is 515. The number of fused-ring (bicyclic) bond motifs is 2. The van der Waals surface area contributed by atoms with E-state index in [1.807, 2.05) is 6.08 Å². The minimum Gasteiger partial charge on any atom is -0.376 e. The molecule has 2 unspecified atom stereocenters. The van der Waals surface area contributed by atoms with E-state index in [0.29, 0.717) is 13.2 Å². The first kappa shape index (κ1) is 11.6. The van der Waals surface area contributed by atoms with Crippen molar-refractivity contribution in [2.75, 3.05) is 13.2 Å². The maximum Gasteiger partial charge on any atom is 0.189 e. The van der Waals surface area contributed by atoms with Gasteiger partial charge in [0.1, 0.15) is 6.10 Å². The maximum atomic E-state index is 10.1. The molecule has 0 aromatic carbocycles. The predicted octanol–water partition coefficient (Wildman–Crippen LogP) is 1.00. The molecule has 1 heterocycles. The highest BCUT2D eigenvalue weighted by Gasteiger charge is 2.41. The quantitative estimate of drug-likeness (QED) is 0.509. The van der Waals surface area contributed by atoms with Crippen LogP contribution >= 0.6 is 0 Å². The van der Waals surface area contributed by atoms with Crippen molar-refractivity contribution in [3.05, 3.63) is 23.8 Å². The minimum absolute atomic E-state index is 0.141. The number of aliphatic hydroxyl groups is 1. The molecule has 1 spiro atoms. The third-order valence-corrected chi connectivity index (χ3v) is 3.30. The molecule has 18 heavy (non-hydrogen) atoms. The Morgan fingerprint density at radius 1 is 1.17 bits per heavy atom. The smallest absolute Gasteiger partial charge is 0.189 e. The van der Waals surface area contributed by atoms with Crippen LogP contribution in [0.2, 0.25) is 0 Å². The van der Waals surface area contributed by atoms with E-state index in [0.717, 1.165) is 18.4 Å². The van der Waals surface area contributed by atoms with Crippen molar-refractivity contribution in [2.24, 2.45) is 5.92 Å². The van der Waals surface area contributed by atoms with Gasteiger partial charge in [0.05, 0.1) is 13.2 Å². The van der Waals surface area contributed by atoms with Crippen molar-refractivity contribution < 1.29 is 14.6 Å². The van der Waals surface area contributed by atoms with Gasteiger partial charge in [0, 0.05) is 12.3 Å². The molecule has 3 heteroatoms. The highest BCUT2D eigenvalue weighted by atomic mass is 16.7. The van der Waals surface area contributed by atoms with E-state index in [1.165, 1.54) is 0 Å². The molecule has 1 N–H and O–H groups in total. The fourth-order valence-electron chi connectivity index (χ4n) is 2.53. The van der Waals surface area contributed by atoms with Crippen molar-refractivity contribution in [1.29, 1.82) is 0 Å². The molecule has 2 bridgehead atoms. The molecule has 3 nitrogen and oxygen atoms in total.